The molecule has 0 aliphatic rings. The van der Waals surface area contributed by atoms with Crippen LogP contribution in [0.15, 0.2) is 53.6 Å². The molecular weight excluding hydrogens is 248 g/mol. The normalized spacial score (nSPS) is 10.1. The summed E-state index contributed by atoms with van der Waals surface area (Å²) in [7, 11) is 0. The number of thioether (sulfide) groups is 1. The topological polar surface area (TPSA) is 38.9 Å². The second-order valence-corrected chi connectivity index (χ2v) is 5.00. The lowest BCUT2D eigenvalue weighted by atomic mass is 10.2. The number of nitrogens with two attached hydrogens (primary N) is 1. The number of benzene rings is 1. The second-order valence-electron chi connectivity index (χ2n) is 3.52. The van der Waals surface area contributed by atoms with Gasteiger partial charge in [-0.3, -0.25) is 4.98 Å². The van der Waals surface area contributed by atoms with Crippen LogP contribution in [0.1, 0.15) is 11.3 Å². The molecule has 17 heavy (non-hydrogen) atoms. The van der Waals surface area contributed by atoms with Crippen molar-refractivity contribution >= 4 is 29.0 Å². The van der Waals surface area contributed by atoms with Crippen molar-refractivity contribution in [1.29, 1.82) is 0 Å². The summed E-state index contributed by atoms with van der Waals surface area (Å²) in [6.07, 6.45) is 1.74. The zero-order valence-electron chi connectivity index (χ0n) is 9.17. The summed E-state index contributed by atoms with van der Waals surface area (Å²) >= 11 is 6.66. The first-order chi connectivity index (χ1) is 8.25. The van der Waals surface area contributed by atoms with E-state index in [4.69, 9.17) is 18.0 Å². The van der Waals surface area contributed by atoms with Crippen molar-refractivity contribution in [3.8, 4) is 0 Å². The van der Waals surface area contributed by atoms with E-state index in [2.05, 4.69) is 17.1 Å². The van der Waals surface area contributed by atoms with Gasteiger partial charge in [0.15, 0.2) is 0 Å². The van der Waals surface area contributed by atoms with Crippen LogP contribution in [0.4, 0.5) is 0 Å². The third-order valence-corrected chi connectivity index (χ3v) is 3.51. The third kappa shape index (κ3) is 3.54. The maximum Gasteiger partial charge on any atom is 0.122 e. The lowest BCUT2D eigenvalue weighted by Crippen LogP contribution is -2.11. The number of aromatic nitrogens is 1. The average Bonchev–Trinajstić information content (AvgIpc) is 2.38. The molecule has 2 aromatic rings. The van der Waals surface area contributed by atoms with Gasteiger partial charge in [0.25, 0.3) is 0 Å². The first kappa shape index (κ1) is 12.1. The summed E-state index contributed by atoms with van der Waals surface area (Å²) in [5.41, 5.74) is 7.53. The van der Waals surface area contributed by atoms with Crippen LogP contribution in [0.3, 0.4) is 0 Å². The number of hydrogen-bond acceptors (Lipinski definition) is 3. The van der Waals surface area contributed by atoms with Crippen molar-refractivity contribution in [2.75, 3.05) is 0 Å². The molecule has 0 bridgehead atoms. The summed E-state index contributed by atoms with van der Waals surface area (Å²) in [6, 6.07) is 14.2. The summed E-state index contributed by atoms with van der Waals surface area (Å²) in [4.78, 5) is 5.59. The van der Waals surface area contributed by atoms with Crippen molar-refractivity contribution in [2.24, 2.45) is 5.73 Å². The molecule has 0 aliphatic heterocycles. The summed E-state index contributed by atoms with van der Waals surface area (Å²) < 4.78 is 0. The van der Waals surface area contributed by atoms with E-state index < -0.39 is 0 Å². The molecule has 0 saturated carbocycles. The molecule has 1 heterocycles. The van der Waals surface area contributed by atoms with E-state index >= 15 is 0 Å². The molecule has 4 heteroatoms. The Morgan fingerprint density at radius 1 is 1.24 bits per heavy atom. The zero-order chi connectivity index (χ0) is 12.1. The Morgan fingerprint density at radius 3 is 2.71 bits per heavy atom. The van der Waals surface area contributed by atoms with Crippen molar-refractivity contribution in [1.82, 2.24) is 4.98 Å². The fourth-order valence-electron chi connectivity index (χ4n) is 1.38. The van der Waals surface area contributed by atoms with Crippen molar-refractivity contribution in [2.45, 2.75) is 10.6 Å². The molecule has 1 aromatic heterocycles. The van der Waals surface area contributed by atoms with Crippen LogP contribution in [0.2, 0.25) is 0 Å². The van der Waals surface area contributed by atoms with Gasteiger partial charge in [0.2, 0.25) is 0 Å². The predicted molar refractivity (Wildman–Crippen MR) is 76.1 cm³/mol. The quantitative estimate of drug-likeness (QED) is 0.677. The molecule has 86 valence electrons. The van der Waals surface area contributed by atoms with Gasteiger partial charge < -0.3 is 5.73 Å². The smallest absolute Gasteiger partial charge is 0.122 e. The SMILES string of the molecule is NC(=S)c1cc(SCc2ccccc2)ccn1. The van der Waals surface area contributed by atoms with E-state index in [9.17, 15) is 0 Å². The molecule has 0 saturated heterocycles. The van der Waals surface area contributed by atoms with Gasteiger partial charge in [-0.15, -0.1) is 11.8 Å². The Morgan fingerprint density at radius 2 is 2.00 bits per heavy atom. The Kier molecular flexibility index (Phi) is 4.12. The van der Waals surface area contributed by atoms with Gasteiger partial charge in [-0.2, -0.15) is 0 Å². The van der Waals surface area contributed by atoms with Crippen molar-refractivity contribution in [3.05, 3.63) is 59.9 Å². The Labute approximate surface area is 110 Å². The van der Waals surface area contributed by atoms with Crippen LogP contribution in [0.25, 0.3) is 0 Å². The number of hydrogen-bond donors (Lipinski definition) is 1. The van der Waals surface area contributed by atoms with Crippen LogP contribution in [-0.2, 0) is 5.75 Å². The molecule has 0 radical (unpaired) electrons. The molecule has 1 aromatic carbocycles. The van der Waals surface area contributed by atoms with E-state index in [0.29, 0.717) is 10.7 Å². The molecule has 0 fully saturated rings. The highest BCUT2D eigenvalue weighted by molar-refractivity contribution is 7.98. The third-order valence-electron chi connectivity index (χ3n) is 2.23. The largest absolute Gasteiger partial charge is 0.388 e. The first-order valence-corrected chi connectivity index (χ1v) is 6.57. The van der Waals surface area contributed by atoms with E-state index in [1.165, 1.54) is 5.56 Å². The van der Waals surface area contributed by atoms with Gasteiger partial charge in [0, 0.05) is 16.8 Å². The summed E-state index contributed by atoms with van der Waals surface area (Å²) in [5, 5.41) is 0. The van der Waals surface area contributed by atoms with Gasteiger partial charge in [0.1, 0.15) is 4.99 Å². The number of pyridine rings is 1. The van der Waals surface area contributed by atoms with E-state index in [0.717, 1.165) is 10.6 Å². The van der Waals surface area contributed by atoms with Crippen molar-refractivity contribution in [3.63, 3.8) is 0 Å². The molecular formula is C13H12N2S2. The monoisotopic (exact) mass is 260 g/mol. The fourth-order valence-corrected chi connectivity index (χ4v) is 2.37. The van der Waals surface area contributed by atoms with Gasteiger partial charge in [-0.05, 0) is 17.7 Å². The lowest BCUT2D eigenvalue weighted by molar-refractivity contribution is 1.23. The van der Waals surface area contributed by atoms with Crippen LogP contribution < -0.4 is 5.73 Å². The van der Waals surface area contributed by atoms with Gasteiger partial charge in [0.05, 0.1) is 5.69 Å². The second kappa shape index (κ2) is 5.80. The van der Waals surface area contributed by atoms with Gasteiger partial charge >= 0.3 is 0 Å². The number of thiocarbonyl (C=S) groups is 1. The molecule has 2 nitrogen and oxygen atoms in total. The van der Waals surface area contributed by atoms with E-state index in [1.807, 2.05) is 30.3 Å². The average molecular weight is 260 g/mol. The van der Waals surface area contributed by atoms with Crippen LogP contribution in [-0.4, -0.2) is 9.97 Å². The maximum atomic E-state index is 5.55. The molecule has 2 N–H and O–H groups in total. The molecule has 0 aliphatic carbocycles. The lowest BCUT2D eigenvalue weighted by Gasteiger charge is -2.03. The van der Waals surface area contributed by atoms with E-state index in [1.54, 1.807) is 18.0 Å². The minimum absolute atomic E-state index is 0.340. The highest BCUT2D eigenvalue weighted by Gasteiger charge is 2.01. The Bertz CT molecular complexity index is 512. The zero-order valence-corrected chi connectivity index (χ0v) is 10.8. The number of rotatable bonds is 4. The summed E-state index contributed by atoms with van der Waals surface area (Å²) in [6.45, 7) is 0. The minimum Gasteiger partial charge on any atom is -0.388 e. The fraction of sp³-hybridized carbons (Fsp3) is 0.0769. The number of nitrogens with zero attached hydrogens (tertiary/aromatic N) is 1. The highest BCUT2D eigenvalue weighted by atomic mass is 32.2. The van der Waals surface area contributed by atoms with Crippen molar-refractivity contribution < 1.29 is 0 Å². The summed E-state index contributed by atoms with van der Waals surface area (Å²) in [5.74, 6) is 0.932. The van der Waals surface area contributed by atoms with Gasteiger partial charge in [-0.25, -0.2) is 0 Å². The van der Waals surface area contributed by atoms with Crippen LogP contribution >= 0.6 is 24.0 Å². The van der Waals surface area contributed by atoms with Crippen LogP contribution in [0.5, 0.6) is 0 Å². The maximum absolute atomic E-state index is 5.55. The Hall–Kier alpha value is -1.39. The molecule has 2 rings (SSSR count). The standard InChI is InChI=1S/C13H12N2S2/c14-13(16)12-8-11(6-7-15-12)17-9-10-4-2-1-3-5-10/h1-8H,9H2,(H2,14,16). The minimum atomic E-state index is 0.340. The molecule has 0 atom stereocenters. The highest BCUT2D eigenvalue weighted by Crippen LogP contribution is 2.22. The van der Waals surface area contributed by atoms with Crippen LogP contribution in [0, 0.1) is 0 Å². The Balaban J connectivity index is 2.04. The van der Waals surface area contributed by atoms with E-state index in [-0.39, 0.29) is 0 Å². The van der Waals surface area contributed by atoms with Gasteiger partial charge in [-0.1, -0.05) is 42.5 Å². The molecule has 0 spiro atoms. The first-order valence-electron chi connectivity index (χ1n) is 5.18. The molecule has 0 unspecified atom stereocenters. The molecule has 0 amide bonds. The predicted octanol–water partition coefficient (Wildman–Crippen LogP) is 3.01.